The fourth-order valence-corrected chi connectivity index (χ4v) is 4.21. The second kappa shape index (κ2) is 7.35. The first-order chi connectivity index (χ1) is 13.0. The molecule has 0 aliphatic carbocycles. The van der Waals surface area contributed by atoms with Crippen molar-refractivity contribution in [3.05, 3.63) is 81.9 Å². The predicted molar refractivity (Wildman–Crippen MR) is 116 cm³/mol. The Labute approximate surface area is 171 Å². The lowest BCUT2D eigenvalue weighted by molar-refractivity contribution is -0.113. The van der Waals surface area contributed by atoms with Crippen LogP contribution in [0.1, 0.15) is 11.3 Å². The van der Waals surface area contributed by atoms with Crippen molar-refractivity contribution in [2.45, 2.75) is 6.92 Å². The lowest BCUT2D eigenvalue weighted by Gasteiger charge is -2.14. The number of amides is 1. The molecular weight excluding hydrogens is 398 g/mol. The molecule has 0 N–H and O–H groups in total. The fourth-order valence-electron chi connectivity index (χ4n) is 2.74. The van der Waals surface area contributed by atoms with Crippen LogP contribution < -0.4 is 4.90 Å². The first kappa shape index (κ1) is 18.0. The second-order valence-electron chi connectivity index (χ2n) is 6.07. The molecule has 3 aromatic rings. The van der Waals surface area contributed by atoms with Crippen LogP contribution in [0.25, 0.3) is 17.4 Å². The molecule has 6 heteroatoms. The summed E-state index contributed by atoms with van der Waals surface area (Å²) in [7, 11) is 0. The van der Waals surface area contributed by atoms with E-state index in [0.29, 0.717) is 25.8 Å². The average molecular weight is 412 g/mol. The zero-order chi connectivity index (χ0) is 19.0. The van der Waals surface area contributed by atoms with Crippen molar-refractivity contribution in [2.24, 2.45) is 0 Å². The number of carbonyl (C=O) groups is 1. The number of nitrogens with zero attached hydrogens (tertiary/aromatic N) is 1. The predicted octanol–water partition coefficient (Wildman–Crippen LogP) is 6.31. The number of hydrogen-bond donors (Lipinski definition) is 0. The van der Waals surface area contributed by atoms with E-state index in [1.54, 1.807) is 11.0 Å². The molecule has 27 heavy (non-hydrogen) atoms. The van der Waals surface area contributed by atoms with E-state index in [-0.39, 0.29) is 5.91 Å². The number of thiocarbonyl (C=S) groups is 1. The molecule has 1 fully saturated rings. The number of aryl methyl sites for hydroxylation is 1. The van der Waals surface area contributed by atoms with Gasteiger partial charge in [-0.2, -0.15) is 0 Å². The van der Waals surface area contributed by atoms with E-state index in [0.717, 1.165) is 16.8 Å². The van der Waals surface area contributed by atoms with Gasteiger partial charge in [0.25, 0.3) is 5.91 Å². The van der Waals surface area contributed by atoms with Gasteiger partial charge in [0, 0.05) is 16.7 Å². The van der Waals surface area contributed by atoms with E-state index in [1.165, 1.54) is 11.8 Å². The van der Waals surface area contributed by atoms with Gasteiger partial charge in [0.15, 0.2) is 4.32 Å². The Balaban J connectivity index is 1.61. The molecule has 1 aliphatic heterocycles. The van der Waals surface area contributed by atoms with Gasteiger partial charge in [-0.1, -0.05) is 65.4 Å². The minimum atomic E-state index is -0.144. The van der Waals surface area contributed by atoms with Gasteiger partial charge in [0.2, 0.25) is 0 Å². The molecule has 1 amide bonds. The highest BCUT2D eigenvalue weighted by atomic mass is 35.5. The number of hydrogen-bond acceptors (Lipinski definition) is 4. The van der Waals surface area contributed by atoms with Gasteiger partial charge < -0.3 is 4.42 Å². The summed E-state index contributed by atoms with van der Waals surface area (Å²) in [4.78, 5) is 14.9. The average Bonchev–Trinajstić information content (AvgIpc) is 3.21. The highest BCUT2D eigenvalue weighted by Gasteiger charge is 2.33. The lowest BCUT2D eigenvalue weighted by Crippen LogP contribution is -2.27. The molecular formula is C21H14ClNO2S2. The first-order valence-electron chi connectivity index (χ1n) is 8.22. The Hall–Kier alpha value is -2.34. The maximum absolute atomic E-state index is 12.8. The standard InChI is InChI=1S/C21H14ClNO2S2/c1-13-5-7-16(8-6-13)23-20(24)19(27-21(23)26)12-17-9-10-18(25-17)14-3-2-4-15(22)11-14/h2-12H,1H3/b19-12-. The summed E-state index contributed by atoms with van der Waals surface area (Å²) in [5, 5.41) is 0.643. The summed E-state index contributed by atoms with van der Waals surface area (Å²) in [5.41, 5.74) is 2.78. The number of benzene rings is 2. The number of carbonyl (C=O) groups excluding carboxylic acids is 1. The smallest absolute Gasteiger partial charge is 0.270 e. The van der Waals surface area contributed by atoms with E-state index < -0.39 is 0 Å². The van der Waals surface area contributed by atoms with Crippen LogP contribution in [0.3, 0.4) is 0 Å². The SMILES string of the molecule is Cc1ccc(N2C(=O)/C(=C/c3ccc(-c4cccc(Cl)c4)o3)SC2=S)cc1. The Bertz CT molecular complexity index is 1070. The summed E-state index contributed by atoms with van der Waals surface area (Å²) in [6, 6.07) is 18.8. The molecule has 0 bridgehead atoms. The van der Waals surface area contributed by atoms with Crippen LogP contribution in [0.5, 0.6) is 0 Å². The molecule has 4 rings (SSSR count). The molecule has 3 nitrogen and oxygen atoms in total. The second-order valence-corrected chi connectivity index (χ2v) is 8.18. The Morgan fingerprint density at radius 2 is 1.89 bits per heavy atom. The van der Waals surface area contributed by atoms with Gasteiger partial charge in [0.1, 0.15) is 11.5 Å². The lowest BCUT2D eigenvalue weighted by atomic mass is 10.2. The zero-order valence-corrected chi connectivity index (χ0v) is 16.7. The molecule has 1 saturated heterocycles. The van der Waals surface area contributed by atoms with Gasteiger partial charge in [-0.05, 0) is 43.3 Å². The van der Waals surface area contributed by atoms with E-state index in [4.69, 9.17) is 28.2 Å². The van der Waals surface area contributed by atoms with E-state index in [2.05, 4.69) is 0 Å². The third kappa shape index (κ3) is 3.72. The maximum atomic E-state index is 12.8. The first-order valence-corrected chi connectivity index (χ1v) is 9.82. The van der Waals surface area contributed by atoms with Crippen molar-refractivity contribution in [3.8, 4) is 11.3 Å². The van der Waals surface area contributed by atoms with E-state index >= 15 is 0 Å². The Morgan fingerprint density at radius 3 is 2.63 bits per heavy atom. The van der Waals surface area contributed by atoms with Crippen molar-refractivity contribution in [2.75, 3.05) is 4.90 Å². The molecule has 0 spiro atoms. The van der Waals surface area contributed by atoms with Gasteiger partial charge in [0.05, 0.1) is 10.6 Å². The molecule has 2 heterocycles. The molecule has 1 aromatic heterocycles. The van der Waals surface area contributed by atoms with E-state index in [9.17, 15) is 4.79 Å². The van der Waals surface area contributed by atoms with Crippen LogP contribution in [0, 0.1) is 6.92 Å². The number of furan rings is 1. The monoisotopic (exact) mass is 411 g/mol. The van der Waals surface area contributed by atoms with Gasteiger partial charge in [-0.3, -0.25) is 9.69 Å². The largest absolute Gasteiger partial charge is 0.457 e. The van der Waals surface area contributed by atoms with E-state index in [1.807, 2.05) is 67.6 Å². The van der Waals surface area contributed by atoms with Gasteiger partial charge >= 0.3 is 0 Å². The summed E-state index contributed by atoms with van der Waals surface area (Å²) in [6.07, 6.45) is 1.72. The van der Waals surface area contributed by atoms with Crippen LogP contribution in [-0.2, 0) is 4.79 Å². The van der Waals surface area contributed by atoms with Gasteiger partial charge in [-0.25, -0.2) is 0 Å². The Kier molecular flexibility index (Phi) is 4.91. The summed E-state index contributed by atoms with van der Waals surface area (Å²) >= 11 is 12.7. The molecule has 2 aromatic carbocycles. The van der Waals surface area contributed by atoms with Crippen molar-refractivity contribution >= 4 is 57.6 Å². The summed E-state index contributed by atoms with van der Waals surface area (Å²) in [6.45, 7) is 2.00. The molecule has 0 saturated carbocycles. The van der Waals surface area contributed by atoms with Crippen molar-refractivity contribution in [1.29, 1.82) is 0 Å². The van der Waals surface area contributed by atoms with Crippen molar-refractivity contribution < 1.29 is 9.21 Å². The van der Waals surface area contributed by atoms with Crippen molar-refractivity contribution in [1.82, 2.24) is 0 Å². The highest BCUT2D eigenvalue weighted by Crippen LogP contribution is 2.36. The van der Waals surface area contributed by atoms with Crippen molar-refractivity contribution in [3.63, 3.8) is 0 Å². The molecule has 0 radical (unpaired) electrons. The Morgan fingerprint density at radius 1 is 1.11 bits per heavy atom. The van der Waals surface area contributed by atoms with Crippen LogP contribution >= 0.6 is 35.6 Å². The highest BCUT2D eigenvalue weighted by molar-refractivity contribution is 8.27. The molecule has 134 valence electrons. The number of rotatable bonds is 3. The summed E-state index contributed by atoms with van der Waals surface area (Å²) < 4.78 is 6.38. The third-order valence-corrected chi connectivity index (χ3v) is 5.63. The quantitative estimate of drug-likeness (QED) is 0.373. The van der Waals surface area contributed by atoms with Crippen LogP contribution in [0.4, 0.5) is 5.69 Å². The van der Waals surface area contributed by atoms with Gasteiger partial charge in [-0.15, -0.1) is 0 Å². The van der Waals surface area contributed by atoms with Crippen LogP contribution in [-0.4, -0.2) is 10.2 Å². The number of thioether (sulfide) groups is 1. The van der Waals surface area contributed by atoms with Crippen LogP contribution in [0.2, 0.25) is 5.02 Å². The number of halogens is 1. The normalized spacial score (nSPS) is 15.8. The minimum absolute atomic E-state index is 0.144. The topological polar surface area (TPSA) is 33.5 Å². The summed E-state index contributed by atoms with van der Waals surface area (Å²) in [5.74, 6) is 1.14. The molecule has 0 atom stereocenters. The molecule has 0 unspecified atom stereocenters. The molecule has 1 aliphatic rings. The zero-order valence-electron chi connectivity index (χ0n) is 14.3. The minimum Gasteiger partial charge on any atom is -0.457 e. The van der Waals surface area contributed by atoms with Crippen LogP contribution in [0.15, 0.2) is 70.0 Å². The maximum Gasteiger partial charge on any atom is 0.270 e. The third-order valence-electron chi connectivity index (χ3n) is 4.10. The fraction of sp³-hybridized carbons (Fsp3) is 0.0476. The number of anilines is 1.